The molecule has 0 aromatic heterocycles. The fourth-order valence-corrected chi connectivity index (χ4v) is 1.32. The lowest BCUT2D eigenvalue weighted by Crippen LogP contribution is -2.29. The summed E-state index contributed by atoms with van der Waals surface area (Å²) >= 11 is 0. The summed E-state index contributed by atoms with van der Waals surface area (Å²) in [6.45, 7) is 0.837. The zero-order valence-corrected chi connectivity index (χ0v) is 9.17. The summed E-state index contributed by atoms with van der Waals surface area (Å²) in [6.07, 6.45) is 2.66. The number of aliphatic hydroxyl groups is 1. The predicted molar refractivity (Wildman–Crippen MR) is 62.7 cm³/mol. The normalized spacial score (nSPS) is 10.2. The van der Waals surface area contributed by atoms with Gasteiger partial charge in [-0.1, -0.05) is 12.1 Å². The van der Waals surface area contributed by atoms with Crippen LogP contribution in [0.25, 0.3) is 0 Å². The molecule has 88 valence electrons. The third-order valence-corrected chi connectivity index (χ3v) is 2.25. The van der Waals surface area contributed by atoms with Crippen molar-refractivity contribution in [1.82, 2.24) is 0 Å². The molecule has 0 spiro atoms. The summed E-state index contributed by atoms with van der Waals surface area (Å²) in [5.41, 5.74) is 0.452. The van der Waals surface area contributed by atoms with Crippen molar-refractivity contribution in [1.29, 1.82) is 0 Å². The van der Waals surface area contributed by atoms with Gasteiger partial charge in [0.25, 0.3) is 0 Å². The lowest BCUT2D eigenvalue weighted by Gasteiger charge is -2.06. The van der Waals surface area contributed by atoms with Gasteiger partial charge in [-0.25, -0.2) is 0 Å². The highest BCUT2D eigenvalue weighted by molar-refractivity contribution is 6.58. The number of benzene rings is 1. The average molecular weight is 224 g/mol. The second-order valence-corrected chi connectivity index (χ2v) is 3.58. The van der Waals surface area contributed by atoms with Gasteiger partial charge in [0.15, 0.2) is 0 Å². The Hall–Kier alpha value is -1.04. The van der Waals surface area contributed by atoms with Gasteiger partial charge in [0.1, 0.15) is 5.75 Å². The Morgan fingerprint density at radius 3 is 2.25 bits per heavy atom. The van der Waals surface area contributed by atoms with E-state index >= 15 is 0 Å². The number of unbranched alkanes of at least 4 members (excludes halogenated alkanes) is 2. The Labute approximate surface area is 95.6 Å². The van der Waals surface area contributed by atoms with Crippen molar-refractivity contribution in [2.75, 3.05) is 13.2 Å². The van der Waals surface area contributed by atoms with Crippen molar-refractivity contribution >= 4 is 12.6 Å². The van der Waals surface area contributed by atoms with E-state index in [4.69, 9.17) is 19.9 Å². The van der Waals surface area contributed by atoms with Gasteiger partial charge in [0, 0.05) is 6.61 Å². The summed E-state index contributed by atoms with van der Waals surface area (Å²) in [5.74, 6) is 0.716. The monoisotopic (exact) mass is 224 g/mol. The fourth-order valence-electron chi connectivity index (χ4n) is 1.32. The van der Waals surface area contributed by atoms with E-state index in [1.54, 1.807) is 24.3 Å². The zero-order valence-electron chi connectivity index (χ0n) is 9.17. The molecule has 5 heteroatoms. The Bertz CT molecular complexity index is 287. The topological polar surface area (TPSA) is 69.9 Å². The van der Waals surface area contributed by atoms with Gasteiger partial charge in [0.2, 0.25) is 0 Å². The molecule has 0 saturated heterocycles. The molecular weight excluding hydrogens is 207 g/mol. The van der Waals surface area contributed by atoms with Crippen LogP contribution in [0.1, 0.15) is 19.3 Å². The highest BCUT2D eigenvalue weighted by atomic mass is 16.5. The summed E-state index contributed by atoms with van der Waals surface area (Å²) in [4.78, 5) is 0. The highest BCUT2D eigenvalue weighted by Crippen LogP contribution is 2.08. The molecule has 0 bridgehead atoms. The van der Waals surface area contributed by atoms with Crippen LogP contribution >= 0.6 is 0 Å². The third-order valence-electron chi connectivity index (χ3n) is 2.25. The van der Waals surface area contributed by atoms with E-state index in [0.717, 1.165) is 19.3 Å². The molecule has 0 saturated carbocycles. The smallest absolute Gasteiger partial charge is 0.488 e. The minimum absolute atomic E-state index is 0.225. The number of hydrogen-bond acceptors (Lipinski definition) is 4. The second kappa shape index (κ2) is 7.27. The van der Waals surface area contributed by atoms with Gasteiger partial charge in [0.05, 0.1) is 6.61 Å². The molecule has 0 atom stereocenters. The van der Waals surface area contributed by atoms with E-state index in [1.165, 1.54) is 0 Å². The molecule has 4 nitrogen and oxygen atoms in total. The molecular formula is C11H17BO4. The molecule has 1 aromatic rings. The third kappa shape index (κ3) is 4.66. The summed E-state index contributed by atoms with van der Waals surface area (Å²) in [5, 5.41) is 26.3. The lowest BCUT2D eigenvalue weighted by atomic mass is 9.80. The van der Waals surface area contributed by atoms with Crippen molar-refractivity contribution in [3.8, 4) is 5.75 Å². The van der Waals surface area contributed by atoms with Crippen LogP contribution in [0.3, 0.4) is 0 Å². The van der Waals surface area contributed by atoms with Crippen LogP contribution in [0.4, 0.5) is 0 Å². The zero-order chi connectivity index (χ0) is 11.8. The molecule has 0 heterocycles. The first-order valence-corrected chi connectivity index (χ1v) is 5.44. The molecule has 1 aromatic carbocycles. The fraction of sp³-hybridized carbons (Fsp3) is 0.455. The molecule has 1 rings (SSSR count). The van der Waals surface area contributed by atoms with Crippen LogP contribution in [-0.2, 0) is 0 Å². The average Bonchev–Trinajstić information content (AvgIpc) is 2.29. The maximum atomic E-state index is 8.88. The van der Waals surface area contributed by atoms with Crippen molar-refractivity contribution in [2.24, 2.45) is 0 Å². The van der Waals surface area contributed by atoms with E-state index in [-0.39, 0.29) is 6.61 Å². The number of ether oxygens (including phenoxy) is 1. The van der Waals surface area contributed by atoms with Gasteiger partial charge < -0.3 is 19.9 Å². The Morgan fingerprint density at radius 2 is 1.69 bits per heavy atom. The van der Waals surface area contributed by atoms with E-state index < -0.39 is 7.12 Å². The summed E-state index contributed by atoms with van der Waals surface area (Å²) < 4.78 is 5.44. The van der Waals surface area contributed by atoms with Gasteiger partial charge >= 0.3 is 7.12 Å². The van der Waals surface area contributed by atoms with Crippen molar-refractivity contribution in [2.45, 2.75) is 19.3 Å². The van der Waals surface area contributed by atoms with E-state index in [9.17, 15) is 0 Å². The second-order valence-electron chi connectivity index (χ2n) is 3.58. The number of aliphatic hydroxyl groups excluding tert-OH is 1. The molecule has 16 heavy (non-hydrogen) atoms. The van der Waals surface area contributed by atoms with E-state index in [2.05, 4.69) is 0 Å². The van der Waals surface area contributed by atoms with Gasteiger partial charge in [-0.3, -0.25) is 0 Å². The molecule has 0 fully saturated rings. The van der Waals surface area contributed by atoms with Crippen LogP contribution < -0.4 is 10.2 Å². The first kappa shape index (κ1) is 13.0. The lowest BCUT2D eigenvalue weighted by molar-refractivity contribution is 0.266. The van der Waals surface area contributed by atoms with Crippen molar-refractivity contribution in [3.05, 3.63) is 24.3 Å². The molecule has 0 radical (unpaired) electrons. The first-order chi connectivity index (χ1) is 7.74. The van der Waals surface area contributed by atoms with Gasteiger partial charge in [-0.2, -0.15) is 0 Å². The molecule has 0 aliphatic carbocycles. The van der Waals surface area contributed by atoms with Gasteiger partial charge in [-0.15, -0.1) is 0 Å². The Kier molecular flexibility index (Phi) is 5.92. The standard InChI is InChI=1S/C11H17BO4/c13-8-2-1-3-9-16-11-6-4-10(5-7-11)12(14)15/h4-7,13-15H,1-3,8-9H2. The molecule has 3 N–H and O–H groups in total. The maximum Gasteiger partial charge on any atom is 0.488 e. The quantitative estimate of drug-likeness (QED) is 0.447. The Morgan fingerprint density at radius 1 is 1.00 bits per heavy atom. The number of rotatable bonds is 7. The molecule has 0 unspecified atom stereocenters. The van der Waals surface area contributed by atoms with E-state index in [1.807, 2.05) is 0 Å². The largest absolute Gasteiger partial charge is 0.494 e. The Balaban J connectivity index is 2.27. The summed E-state index contributed by atoms with van der Waals surface area (Å²) in [7, 11) is -1.43. The molecule has 0 aliphatic heterocycles. The predicted octanol–water partition coefficient (Wildman–Crippen LogP) is -0.0922. The van der Waals surface area contributed by atoms with Crippen molar-refractivity contribution < 1.29 is 19.9 Å². The minimum Gasteiger partial charge on any atom is -0.494 e. The SMILES string of the molecule is OCCCCCOc1ccc(B(O)O)cc1. The minimum atomic E-state index is -1.43. The highest BCUT2D eigenvalue weighted by Gasteiger charge is 2.09. The summed E-state index contributed by atoms with van der Waals surface area (Å²) in [6, 6.07) is 6.66. The van der Waals surface area contributed by atoms with Gasteiger partial charge in [-0.05, 0) is 36.9 Å². The first-order valence-electron chi connectivity index (χ1n) is 5.44. The van der Waals surface area contributed by atoms with Crippen LogP contribution in [0.2, 0.25) is 0 Å². The van der Waals surface area contributed by atoms with Crippen LogP contribution in [-0.4, -0.2) is 35.5 Å². The van der Waals surface area contributed by atoms with Crippen LogP contribution in [0.5, 0.6) is 5.75 Å². The number of hydrogen-bond donors (Lipinski definition) is 3. The maximum absolute atomic E-state index is 8.88. The molecule has 0 amide bonds. The van der Waals surface area contributed by atoms with Crippen LogP contribution in [0, 0.1) is 0 Å². The van der Waals surface area contributed by atoms with Crippen molar-refractivity contribution in [3.63, 3.8) is 0 Å². The molecule has 0 aliphatic rings. The van der Waals surface area contributed by atoms with Crippen LogP contribution in [0.15, 0.2) is 24.3 Å². The van der Waals surface area contributed by atoms with E-state index in [0.29, 0.717) is 17.8 Å².